The normalized spacial score (nSPS) is 33.3. The Morgan fingerprint density at radius 2 is 2.22 bits per heavy atom. The van der Waals surface area contributed by atoms with Crippen LogP contribution in [0.5, 0.6) is 0 Å². The van der Waals surface area contributed by atoms with E-state index in [4.69, 9.17) is 4.42 Å². The number of likely N-dealkylation sites (tertiary alicyclic amines) is 1. The predicted molar refractivity (Wildman–Crippen MR) is 79.3 cm³/mol. The predicted octanol–water partition coefficient (Wildman–Crippen LogP) is 0.830. The van der Waals surface area contributed by atoms with Gasteiger partial charge in [-0.25, -0.2) is 4.79 Å². The summed E-state index contributed by atoms with van der Waals surface area (Å²) in [6.45, 7) is 1.25. The summed E-state index contributed by atoms with van der Waals surface area (Å²) in [5, 5.41) is 4.92. The molecule has 1 aromatic rings. The maximum absolute atomic E-state index is 12.7. The molecule has 1 aliphatic carbocycles. The average molecular weight is 317 g/mol. The molecule has 2 saturated heterocycles. The molecule has 3 aliphatic rings. The molecular formula is C16H19N3O4. The molecular weight excluding hydrogens is 298 g/mol. The van der Waals surface area contributed by atoms with Crippen molar-refractivity contribution in [3.63, 3.8) is 0 Å². The van der Waals surface area contributed by atoms with E-state index in [1.165, 1.54) is 0 Å². The van der Waals surface area contributed by atoms with Crippen LogP contribution in [0.1, 0.15) is 30.9 Å². The lowest BCUT2D eigenvalue weighted by atomic mass is 9.90. The molecule has 0 spiro atoms. The second-order valence-corrected chi connectivity index (χ2v) is 6.59. The molecule has 122 valence electrons. The molecule has 4 rings (SSSR count). The molecule has 7 heteroatoms. The summed E-state index contributed by atoms with van der Waals surface area (Å²) in [4.78, 5) is 37.6. The van der Waals surface area contributed by atoms with Crippen LogP contribution in [0.3, 0.4) is 0 Å². The maximum Gasteiger partial charge on any atom is 0.322 e. The summed E-state index contributed by atoms with van der Waals surface area (Å²) < 4.78 is 5.38. The number of imide groups is 1. The van der Waals surface area contributed by atoms with Crippen LogP contribution in [-0.2, 0) is 9.59 Å². The lowest BCUT2D eigenvalue weighted by molar-refractivity contribution is -0.135. The van der Waals surface area contributed by atoms with Gasteiger partial charge in [0.25, 0.3) is 5.91 Å². The average Bonchev–Trinajstić information content (AvgIpc) is 2.99. The fraction of sp³-hybridized carbons (Fsp3) is 0.562. The molecule has 4 amide bonds. The molecule has 4 atom stereocenters. The molecule has 0 aromatic carbocycles. The van der Waals surface area contributed by atoms with Crippen LogP contribution in [0.15, 0.2) is 22.8 Å². The van der Waals surface area contributed by atoms with Crippen LogP contribution in [-0.4, -0.2) is 41.9 Å². The Balaban J connectivity index is 1.39. The number of piperidine rings is 1. The molecule has 1 aromatic heterocycles. The van der Waals surface area contributed by atoms with Crippen LogP contribution in [0.25, 0.3) is 0 Å². The highest BCUT2D eigenvalue weighted by Gasteiger charge is 2.48. The fourth-order valence-corrected chi connectivity index (χ4v) is 3.77. The van der Waals surface area contributed by atoms with Crippen molar-refractivity contribution in [3.8, 4) is 0 Å². The molecule has 2 aliphatic heterocycles. The van der Waals surface area contributed by atoms with Crippen LogP contribution < -0.4 is 10.6 Å². The van der Waals surface area contributed by atoms with Gasteiger partial charge in [-0.05, 0) is 31.4 Å². The first kappa shape index (κ1) is 14.3. The van der Waals surface area contributed by atoms with Crippen LogP contribution >= 0.6 is 0 Å². The van der Waals surface area contributed by atoms with E-state index in [-0.39, 0.29) is 29.6 Å². The largest absolute Gasteiger partial charge is 0.469 e. The lowest BCUT2D eigenvalue weighted by Crippen LogP contribution is -2.48. The molecule has 1 saturated carbocycles. The van der Waals surface area contributed by atoms with Crippen molar-refractivity contribution in [2.24, 2.45) is 11.8 Å². The van der Waals surface area contributed by atoms with E-state index < -0.39 is 12.1 Å². The Hall–Kier alpha value is -2.31. The number of nitrogens with one attached hydrogen (secondary N) is 2. The zero-order valence-corrected chi connectivity index (χ0v) is 12.7. The number of hydrogen-bond donors (Lipinski definition) is 2. The maximum atomic E-state index is 12.7. The van der Waals surface area contributed by atoms with E-state index in [1.54, 1.807) is 6.26 Å². The lowest BCUT2D eigenvalue weighted by Gasteiger charge is -2.34. The van der Waals surface area contributed by atoms with Gasteiger partial charge in [0.15, 0.2) is 0 Å². The van der Waals surface area contributed by atoms with E-state index in [9.17, 15) is 14.4 Å². The second-order valence-electron chi connectivity index (χ2n) is 6.59. The summed E-state index contributed by atoms with van der Waals surface area (Å²) in [6, 6.07) is 2.80. The first-order valence-electron chi connectivity index (χ1n) is 8.07. The number of furan rings is 1. The number of carbonyl (C=O) groups excluding carboxylic acids is 3. The summed E-state index contributed by atoms with van der Waals surface area (Å²) in [7, 11) is 0. The third-order valence-corrected chi connectivity index (χ3v) is 5.06. The number of urea groups is 1. The number of amides is 4. The van der Waals surface area contributed by atoms with Crippen molar-refractivity contribution in [1.29, 1.82) is 0 Å². The van der Waals surface area contributed by atoms with Gasteiger partial charge in [-0.2, -0.15) is 0 Å². The minimum Gasteiger partial charge on any atom is -0.469 e. The third kappa shape index (κ3) is 2.60. The van der Waals surface area contributed by atoms with E-state index >= 15 is 0 Å². The fourth-order valence-electron chi connectivity index (χ4n) is 3.77. The highest BCUT2D eigenvalue weighted by Crippen LogP contribution is 2.49. The van der Waals surface area contributed by atoms with Gasteiger partial charge in [0.1, 0.15) is 11.8 Å². The first-order valence-corrected chi connectivity index (χ1v) is 8.07. The van der Waals surface area contributed by atoms with Crippen molar-refractivity contribution < 1.29 is 18.8 Å². The summed E-state index contributed by atoms with van der Waals surface area (Å²) >= 11 is 0. The van der Waals surface area contributed by atoms with Crippen LogP contribution in [0.2, 0.25) is 0 Å². The second kappa shape index (κ2) is 5.40. The summed E-state index contributed by atoms with van der Waals surface area (Å²) in [5.74, 6) is 0.897. The van der Waals surface area contributed by atoms with Crippen molar-refractivity contribution in [2.75, 3.05) is 13.1 Å². The Morgan fingerprint density at radius 1 is 1.35 bits per heavy atom. The molecule has 3 heterocycles. The summed E-state index contributed by atoms with van der Waals surface area (Å²) in [5.41, 5.74) is 0. The Morgan fingerprint density at radius 3 is 2.91 bits per heavy atom. The standard InChI is InChI=1S/C16H19N3O4/c20-14-13(17-16(22)18-14)9-3-1-5-19(8-9)15(21)11-7-10(11)12-4-2-6-23-12/h2,4,6,9-11,13H,1,3,5,7-8H2,(H2,17,18,20,22)/t9-,10-,11+,13+/m1/s1. The number of carbonyl (C=O) groups is 3. The molecule has 0 unspecified atom stereocenters. The van der Waals surface area contributed by atoms with Crippen molar-refractivity contribution in [2.45, 2.75) is 31.2 Å². The zero-order chi connectivity index (χ0) is 16.0. The molecule has 23 heavy (non-hydrogen) atoms. The smallest absolute Gasteiger partial charge is 0.322 e. The molecule has 2 N–H and O–H groups in total. The van der Waals surface area contributed by atoms with E-state index in [2.05, 4.69) is 10.6 Å². The number of rotatable bonds is 3. The SMILES string of the molecule is O=C1NC(=O)[C@H]([C@@H]2CCCN(C(=O)[C@H]3C[C@H]3c3ccco3)C2)N1. The van der Waals surface area contributed by atoms with Gasteiger partial charge in [0.2, 0.25) is 5.91 Å². The van der Waals surface area contributed by atoms with Crippen LogP contribution in [0.4, 0.5) is 4.79 Å². The van der Waals surface area contributed by atoms with Crippen LogP contribution in [0, 0.1) is 11.8 Å². The Labute approximate surface area is 133 Å². The van der Waals surface area contributed by atoms with Crippen molar-refractivity contribution in [3.05, 3.63) is 24.2 Å². The summed E-state index contributed by atoms with van der Waals surface area (Å²) in [6.07, 6.45) is 4.16. The highest BCUT2D eigenvalue weighted by molar-refractivity contribution is 6.04. The van der Waals surface area contributed by atoms with Gasteiger partial charge in [-0.1, -0.05) is 0 Å². The van der Waals surface area contributed by atoms with E-state index in [0.29, 0.717) is 6.54 Å². The number of nitrogens with zero attached hydrogens (tertiary/aromatic N) is 1. The molecule has 0 radical (unpaired) electrons. The molecule has 3 fully saturated rings. The Kier molecular flexibility index (Phi) is 3.36. The first-order chi connectivity index (χ1) is 11.1. The van der Waals surface area contributed by atoms with E-state index in [1.807, 2.05) is 17.0 Å². The van der Waals surface area contributed by atoms with Gasteiger partial charge in [0.05, 0.1) is 6.26 Å². The quantitative estimate of drug-likeness (QED) is 0.808. The van der Waals surface area contributed by atoms with E-state index in [0.717, 1.165) is 31.6 Å². The number of hydrogen-bond acceptors (Lipinski definition) is 4. The monoisotopic (exact) mass is 317 g/mol. The highest BCUT2D eigenvalue weighted by atomic mass is 16.3. The van der Waals surface area contributed by atoms with Gasteiger partial charge in [-0.3, -0.25) is 14.9 Å². The van der Waals surface area contributed by atoms with Crippen molar-refractivity contribution >= 4 is 17.8 Å². The minimum atomic E-state index is -0.516. The van der Waals surface area contributed by atoms with Crippen molar-refractivity contribution in [1.82, 2.24) is 15.5 Å². The minimum absolute atomic E-state index is 0.00750. The zero-order valence-electron chi connectivity index (χ0n) is 12.7. The molecule has 7 nitrogen and oxygen atoms in total. The topological polar surface area (TPSA) is 91.7 Å². The Bertz CT molecular complexity index is 642. The van der Waals surface area contributed by atoms with Gasteiger partial charge < -0.3 is 14.6 Å². The van der Waals surface area contributed by atoms with Gasteiger partial charge in [0, 0.05) is 30.8 Å². The molecule has 0 bridgehead atoms. The van der Waals surface area contributed by atoms with Gasteiger partial charge >= 0.3 is 6.03 Å². The third-order valence-electron chi connectivity index (χ3n) is 5.06. The van der Waals surface area contributed by atoms with Gasteiger partial charge in [-0.15, -0.1) is 0 Å².